The van der Waals surface area contributed by atoms with E-state index in [2.05, 4.69) is 36.7 Å². The van der Waals surface area contributed by atoms with Crippen molar-refractivity contribution in [3.05, 3.63) is 0 Å². The highest BCUT2D eigenvalue weighted by Crippen LogP contribution is 2.41. The van der Waals surface area contributed by atoms with Crippen molar-refractivity contribution in [2.24, 2.45) is 11.8 Å². The lowest BCUT2D eigenvalue weighted by atomic mass is 9.77. The lowest BCUT2D eigenvalue weighted by Crippen LogP contribution is -2.29. The fourth-order valence-corrected chi connectivity index (χ4v) is 4.22. The zero-order valence-corrected chi connectivity index (χ0v) is 13.1. The summed E-state index contributed by atoms with van der Waals surface area (Å²) in [6.45, 7) is 6.80. The van der Waals surface area contributed by atoms with Crippen LogP contribution in [0.2, 0.25) is 0 Å². The minimum atomic E-state index is 0.130. The van der Waals surface area contributed by atoms with Crippen LogP contribution in [-0.2, 0) is 4.74 Å². The first-order chi connectivity index (χ1) is 8.00. The summed E-state index contributed by atoms with van der Waals surface area (Å²) in [5.41, 5.74) is 0.130. The van der Waals surface area contributed by atoms with Gasteiger partial charge in [0.15, 0.2) is 0 Å². The molecule has 2 fully saturated rings. The molecule has 4 unspecified atom stereocenters. The van der Waals surface area contributed by atoms with E-state index in [1.165, 1.54) is 44.9 Å². The van der Waals surface area contributed by atoms with Crippen LogP contribution in [-0.4, -0.2) is 16.5 Å². The highest BCUT2D eigenvalue weighted by atomic mass is 79.9. The van der Waals surface area contributed by atoms with Gasteiger partial charge >= 0.3 is 0 Å². The van der Waals surface area contributed by atoms with Gasteiger partial charge in [-0.15, -0.1) is 0 Å². The molecule has 2 aliphatic rings. The molecule has 0 N–H and O–H groups in total. The van der Waals surface area contributed by atoms with Crippen LogP contribution in [0.1, 0.15) is 65.7 Å². The van der Waals surface area contributed by atoms with Crippen LogP contribution < -0.4 is 0 Å². The molecule has 2 rings (SSSR count). The Morgan fingerprint density at radius 3 is 2.59 bits per heavy atom. The molecule has 0 spiro atoms. The molecule has 0 bridgehead atoms. The Bertz CT molecular complexity index is 251. The summed E-state index contributed by atoms with van der Waals surface area (Å²) in [5, 5.41) is 0. The van der Waals surface area contributed by atoms with E-state index in [0.717, 1.165) is 16.7 Å². The quantitative estimate of drug-likeness (QED) is 0.672. The summed E-state index contributed by atoms with van der Waals surface area (Å²) in [4.78, 5) is 0.734. The molecule has 17 heavy (non-hydrogen) atoms. The normalized spacial score (nSPS) is 41.6. The molecular formula is C15H27BrO. The largest absolute Gasteiger partial charge is 0.372 e. The molecule has 2 heteroatoms. The molecule has 1 nitrogen and oxygen atoms in total. The summed E-state index contributed by atoms with van der Waals surface area (Å²) in [5.74, 6) is 1.80. The predicted octanol–water partition coefficient (Wildman–Crippen LogP) is 4.92. The number of alkyl halides is 1. The molecule has 1 aliphatic heterocycles. The Labute approximate surface area is 115 Å². The van der Waals surface area contributed by atoms with Gasteiger partial charge in [0.1, 0.15) is 0 Å². The van der Waals surface area contributed by atoms with E-state index in [4.69, 9.17) is 4.74 Å². The molecule has 0 radical (unpaired) electrons. The maximum atomic E-state index is 6.15. The zero-order chi connectivity index (χ0) is 12.5. The average molecular weight is 303 g/mol. The average Bonchev–Trinajstić information content (AvgIpc) is 2.61. The van der Waals surface area contributed by atoms with E-state index in [-0.39, 0.29) is 5.60 Å². The van der Waals surface area contributed by atoms with Crippen LogP contribution in [0.3, 0.4) is 0 Å². The zero-order valence-electron chi connectivity index (χ0n) is 11.5. The number of hydrogen-bond acceptors (Lipinski definition) is 1. The Hall–Kier alpha value is 0.440. The van der Waals surface area contributed by atoms with Crippen molar-refractivity contribution >= 4 is 15.9 Å². The Kier molecular flexibility index (Phi) is 4.57. The van der Waals surface area contributed by atoms with E-state index in [1.54, 1.807) is 0 Å². The monoisotopic (exact) mass is 302 g/mol. The molecule has 1 saturated heterocycles. The van der Waals surface area contributed by atoms with Crippen molar-refractivity contribution in [3.8, 4) is 0 Å². The summed E-state index contributed by atoms with van der Waals surface area (Å²) in [7, 11) is 0. The van der Waals surface area contributed by atoms with Gasteiger partial charge < -0.3 is 4.74 Å². The van der Waals surface area contributed by atoms with Crippen molar-refractivity contribution in [1.29, 1.82) is 0 Å². The first-order valence-electron chi connectivity index (χ1n) is 7.32. The molecule has 1 saturated carbocycles. The van der Waals surface area contributed by atoms with Gasteiger partial charge in [-0.1, -0.05) is 29.3 Å². The lowest BCUT2D eigenvalue weighted by molar-refractivity contribution is -0.0272. The van der Waals surface area contributed by atoms with Crippen molar-refractivity contribution in [3.63, 3.8) is 0 Å². The smallest absolute Gasteiger partial charge is 0.0631 e. The Balaban J connectivity index is 1.85. The van der Waals surface area contributed by atoms with Crippen LogP contribution in [0.25, 0.3) is 0 Å². The van der Waals surface area contributed by atoms with Crippen molar-refractivity contribution in [1.82, 2.24) is 0 Å². The van der Waals surface area contributed by atoms with Gasteiger partial charge in [0, 0.05) is 4.83 Å². The number of halogens is 1. The Morgan fingerprint density at radius 1 is 1.24 bits per heavy atom. The molecule has 0 aromatic rings. The molecule has 100 valence electrons. The Morgan fingerprint density at radius 2 is 2.00 bits per heavy atom. The fraction of sp³-hybridized carbons (Fsp3) is 1.00. The second kappa shape index (κ2) is 5.61. The van der Waals surface area contributed by atoms with Gasteiger partial charge in [0.2, 0.25) is 0 Å². The van der Waals surface area contributed by atoms with Gasteiger partial charge in [-0.25, -0.2) is 0 Å². The molecule has 1 heterocycles. The molecule has 1 aliphatic carbocycles. The third kappa shape index (κ3) is 3.70. The van der Waals surface area contributed by atoms with Gasteiger partial charge in [-0.2, -0.15) is 0 Å². The third-order valence-electron chi connectivity index (χ3n) is 4.70. The van der Waals surface area contributed by atoms with E-state index in [0.29, 0.717) is 6.10 Å². The summed E-state index contributed by atoms with van der Waals surface area (Å²) < 4.78 is 6.15. The summed E-state index contributed by atoms with van der Waals surface area (Å²) in [6, 6.07) is 0. The first kappa shape index (κ1) is 13.9. The topological polar surface area (TPSA) is 9.23 Å². The molecular weight excluding hydrogens is 276 g/mol. The summed E-state index contributed by atoms with van der Waals surface area (Å²) >= 11 is 3.89. The molecule has 4 atom stereocenters. The third-order valence-corrected chi connectivity index (χ3v) is 5.90. The van der Waals surface area contributed by atoms with Gasteiger partial charge in [0.05, 0.1) is 11.7 Å². The maximum absolute atomic E-state index is 6.15. The van der Waals surface area contributed by atoms with Crippen LogP contribution >= 0.6 is 15.9 Å². The van der Waals surface area contributed by atoms with E-state index >= 15 is 0 Å². The highest BCUT2D eigenvalue weighted by Gasteiger charge is 2.36. The van der Waals surface area contributed by atoms with Crippen LogP contribution in [0, 0.1) is 11.8 Å². The summed E-state index contributed by atoms with van der Waals surface area (Å²) in [6.07, 6.45) is 9.83. The second-order valence-corrected chi connectivity index (χ2v) is 7.81. The van der Waals surface area contributed by atoms with E-state index in [1.807, 2.05) is 0 Å². The van der Waals surface area contributed by atoms with E-state index < -0.39 is 0 Å². The van der Waals surface area contributed by atoms with Crippen LogP contribution in [0.15, 0.2) is 0 Å². The SMILES string of the molecule is CCC1CCC(Br)C(CC2CCC(C)(C)O2)C1. The maximum Gasteiger partial charge on any atom is 0.0631 e. The van der Waals surface area contributed by atoms with Crippen molar-refractivity contribution in [2.75, 3.05) is 0 Å². The number of hydrogen-bond donors (Lipinski definition) is 0. The predicted molar refractivity (Wildman–Crippen MR) is 76.6 cm³/mol. The minimum Gasteiger partial charge on any atom is -0.372 e. The molecule has 0 amide bonds. The van der Waals surface area contributed by atoms with E-state index in [9.17, 15) is 0 Å². The standard InChI is InChI=1S/C15H27BrO/c1-4-11-5-6-14(16)12(9-11)10-13-7-8-15(2,3)17-13/h11-14H,4-10H2,1-3H3. The van der Waals surface area contributed by atoms with Gasteiger partial charge in [0.25, 0.3) is 0 Å². The van der Waals surface area contributed by atoms with Gasteiger partial charge in [-0.05, 0) is 64.2 Å². The number of rotatable bonds is 3. The molecule has 0 aromatic heterocycles. The fourth-order valence-electron chi connectivity index (χ4n) is 3.52. The number of ether oxygens (including phenoxy) is 1. The molecule has 0 aromatic carbocycles. The second-order valence-electron chi connectivity index (χ2n) is 6.64. The van der Waals surface area contributed by atoms with Crippen LogP contribution in [0.5, 0.6) is 0 Å². The van der Waals surface area contributed by atoms with Crippen molar-refractivity contribution < 1.29 is 4.74 Å². The first-order valence-corrected chi connectivity index (χ1v) is 8.23. The minimum absolute atomic E-state index is 0.130. The highest BCUT2D eigenvalue weighted by molar-refractivity contribution is 9.09. The van der Waals surface area contributed by atoms with Crippen molar-refractivity contribution in [2.45, 2.75) is 82.2 Å². The van der Waals surface area contributed by atoms with Gasteiger partial charge in [-0.3, -0.25) is 0 Å². The lowest BCUT2D eigenvalue weighted by Gasteiger charge is -2.34. The van der Waals surface area contributed by atoms with Crippen LogP contribution in [0.4, 0.5) is 0 Å².